The molecule has 6 aromatic rings. The number of hydrogen-bond acceptors (Lipinski definition) is 6. The van der Waals surface area contributed by atoms with E-state index in [1.54, 1.807) is 36.4 Å². The van der Waals surface area contributed by atoms with E-state index in [-0.39, 0.29) is 31.5 Å². The summed E-state index contributed by atoms with van der Waals surface area (Å²) in [6, 6.07) is 36.4. The second-order valence-corrected chi connectivity index (χ2v) is 14.8. The van der Waals surface area contributed by atoms with Crippen LogP contribution in [-0.4, -0.2) is 27.5 Å². The summed E-state index contributed by atoms with van der Waals surface area (Å²) in [5.74, 6) is -6.70. The Kier molecular flexibility index (Phi) is 26.5. The van der Waals surface area contributed by atoms with Crippen molar-refractivity contribution < 1.29 is 42.1 Å². The minimum atomic E-state index is -1.08. The van der Waals surface area contributed by atoms with Gasteiger partial charge in [0, 0.05) is 24.3 Å². The Balaban J connectivity index is 0.000000520. The van der Waals surface area contributed by atoms with E-state index in [9.17, 15) is 27.2 Å². The average Bonchev–Trinajstić information content (AvgIpc) is 3.28. The number of aryl methyl sites for hydroxylation is 2. The quantitative estimate of drug-likeness (QED) is 0.0387. The van der Waals surface area contributed by atoms with E-state index >= 15 is 0 Å². The van der Waals surface area contributed by atoms with E-state index in [4.69, 9.17) is 48.7 Å². The average molecular weight is 946 g/mol. The van der Waals surface area contributed by atoms with Crippen molar-refractivity contribution in [3.05, 3.63) is 178 Å². The predicted octanol–water partition coefficient (Wildman–Crippen LogP) is 15.5. The molecule has 0 amide bonds. The zero-order valence-electron chi connectivity index (χ0n) is 35.2. The van der Waals surface area contributed by atoms with Crippen LogP contribution in [0.1, 0.15) is 110 Å². The van der Waals surface area contributed by atoms with E-state index in [0.29, 0.717) is 17.7 Å². The number of carboxylic acids is 1. The molecular weight excluding hydrogens is 891 g/mol. The van der Waals surface area contributed by atoms with Crippen molar-refractivity contribution in [2.75, 3.05) is 5.34 Å². The molecule has 66 heavy (non-hydrogen) atoms. The number of benzene rings is 6. The molecule has 0 aliphatic carbocycles. The molecule has 0 aliphatic heterocycles. The zero-order chi connectivity index (χ0) is 47.0. The van der Waals surface area contributed by atoms with Crippen molar-refractivity contribution in [3.8, 4) is 45.9 Å². The van der Waals surface area contributed by atoms with Crippen LogP contribution in [0.3, 0.4) is 0 Å². The maximum Gasteiger partial charge on any atom is 0.343 e. The van der Waals surface area contributed by atoms with E-state index in [2.05, 4.69) is 62.4 Å². The molecule has 13 heteroatoms. The molecule has 6 aromatic carbocycles. The van der Waals surface area contributed by atoms with Gasteiger partial charge in [0.05, 0.1) is 16.5 Å². The number of esters is 1. The number of aromatic hydroxyl groups is 1. The topological polar surface area (TPSA) is 131 Å². The molecule has 6 rings (SSSR count). The van der Waals surface area contributed by atoms with E-state index in [0.717, 1.165) is 47.2 Å². The predicted molar refractivity (Wildman–Crippen MR) is 256 cm³/mol. The Morgan fingerprint density at radius 2 is 0.879 bits per heavy atom. The van der Waals surface area contributed by atoms with Crippen molar-refractivity contribution in [1.82, 2.24) is 0 Å². The van der Waals surface area contributed by atoms with Crippen LogP contribution in [0.25, 0.3) is 22.3 Å². The lowest BCUT2D eigenvalue weighted by molar-refractivity contribution is 0.0694. The Morgan fingerprint density at radius 3 is 1.20 bits per heavy atom. The first-order valence-corrected chi connectivity index (χ1v) is 21.3. The second kappa shape index (κ2) is 30.5. The third-order valence-electron chi connectivity index (χ3n) is 9.44. The summed E-state index contributed by atoms with van der Waals surface area (Å²) in [5, 5.41) is 34.6. The lowest BCUT2D eigenvalue weighted by atomic mass is 10.0. The molecule has 0 saturated heterocycles. The number of hydrogen-bond donors (Lipinski definition) is 2. The van der Waals surface area contributed by atoms with Crippen molar-refractivity contribution in [3.63, 3.8) is 0 Å². The molecule has 0 unspecified atom stereocenters. The number of unbranched alkanes of at least 4 members (excludes halogenated alkanes) is 4. The normalized spacial score (nSPS) is 9.73. The first-order chi connectivity index (χ1) is 30.8. The fourth-order valence-corrected chi connectivity index (χ4v) is 6.04. The highest BCUT2D eigenvalue weighted by Gasteiger charge is 2.15. The summed E-state index contributed by atoms with van der Waals surface area (Å²) >= 11 is 9.53. The molecular formula is C53H54Cl2F4N2O5. The number of aromatic carboxylic acids is 1. The van der Waals surface area contributed by atoms with Crippen LogP contribution in [0.15, 0.2) is 121 Å². The van der Waals surface area contributed by atoms with Crippen LogP contribution in [-0.2, 0) is 12.8 Å². The van der Waals surface area contributed by atoms with Crippen LogP contribution in [0, 0.1) is 45.9 Å². The highest BCUT2D eigenvalue weighted by Crippen LogP contribution is 2.25. The smallest absolute Gasteiger partial charge is 0.343 e. The van der Waals surface area contributed by atoms with Gasteiger partial charge in [-0.05, 0) is 83.3 Å². The number of rotatable bonds is 13. The lowest BCUT2D eigenvalue weighted by Gasteiger charge is -2.08. The summed E-state index contributed by atoms with van der Waals surface area (Å²) in [6.45, 7) is 4.40. The summed E-state index contributed by atoms with van der Waals surface area (Å²) in [6.07, 6.45) is 9.56. The highest BCUT2D eigenvalue weighted by molar-refractivity contribution is 6.40. The van der Waals surface area contributed by atoms with Gasteiger partial charge in [0.25, 0.3) is 0 Å². The number of nitriles is 2. The van der Waals surface area contributed by atoms with Crippen LogP contribution >= 0.6 is 23.2 Å². The summed E-state index contributed by atoms with van der Waals surface area (Å²) in [7, 11) is 0. The van der Waals surface area contributed by atoms with Gasteiger partial charge in [0.2, 0.25) is 0 Å². The van der Waals surface area contributed by atoms with E-state index in [1.165, 1.54) is 61.8 Å². The molecule has 0 radical (unpaired) electrons. The van der Waals surface area contributed by atoms with Crippen LogP contribution in [0.2, 0.25) is 0 Å². The Bertz CT molecular complexity index is 2460. The zero-order valence-corrected chi connectivity index (χ0v) is 36.7. The number of carboxylic acid groups (broad SMARTS) is 1. The third kappa shape index (κ3) is 18.4. The first kappa shape index (κ1) is 57.4. The number of alkyl halides is 2. The highest BCUT2D eigenvalue weighted by atomic mass is 35.5. The molecule has 0 aromatic heterocycles. The van der Waals surface area contributed by atoms with Gasteiger partial charge in [-0.15, -0.1) is 23.2 Å². The fraction of sp³-hybridized carbons (Fsp3) is 0.245. The number of carbonyl (C=O) groups is 2. The summed E-state index contributed by atoms with van der Waals surface area (Å²) in [4.78, 5) is 23.1. The van der Waals surface area contributed by atoms with Gasteiger partial charge >= 0.3 is 11.9 Å². The van der Waals surface area contributed by atoms with Gasteiger partial charge in [-0.2, -0.15) is 10.5 Å². The molecule has 0 saturated carbocycles. The number of phenolic OH excluding ortho intramolecular Hbond substituents is 1. The van der Waals surface area contributed by atoms with Gasteiger partial charge in [-0.1, -0.05) is 127 Å². The number of phenols is 1. The standard InChI is InChI=1S/C25H21F2NO2.C18H20O2.C7H3F2NO.CH2Cl2.2CH4/c1-2-3-4-5-17-6-8-18(9-7-17)19-10-12-20(13-11-19)25(29)30-21-14-23(26)22(16-28)24(27)15-21;1-2-3-4-5-14-6-8-15(9-7-14)16-10-12-17(13-11-16)18(19)20;8-6-1-4(11)2-7(9)5(6)3-10;2-1-3;;/h6-15H,2-5H2,1H3;6-13H,2-5H2,1H3,(H,19,20);1-2,11H;1H2;2*1H4. The number of halogens is 6. The largest absolute Gasteiger partial charge is 0.508 e. The monoisotopic (exact) mass is 944 g/mol. The van der Waals surface area contributed by atoms with Crippen LogP contribution < -0.4 is 4.74 Å². The Labute approximate surface area is 395 Å². The Morgan fingerprint density at radius 1 is 0.561 bits per heavy atom. The molecule has 2 N–H and O–H groups in total. The van der Waals surface area contributed by atoms with E-state index < -0.39 is 52.1 Å². The van der Waals surface area contributed by atoms with Gasteiger partial charge in [0.1, 0.15) is 58.0 Å². The van der Waals surface area contributed by atoms with Gasteiger partial charge in [-0.25, -0.2) is 27.2 Å². The third-order valence-corrected chi connectivity index (χ3v) is 9.44. The SMILES string of the molecule is C.C.CCCCCc1ccc(-c2ccc(C(=O)O)cc2)cc1.CCCCCc1ccc(-c2ccc(C(=O)Oc3cc(F)c(C#N)c(F)c3)cc2)cc1.ClCCl.N#Cc1c(F)cc(O)cc1F. The summed E-state index contributed by atoms with van der Waals surface area (Å²) < 4.78 is 57.4. The number of carbonyl (C=O) groups excluding carboxylic acids is 1. The fourth-order valence-electron chi connectivity index (χ4n) is 6.04. The van der Waals surface area contributed by atoms with Gasteiger partial charge < -0.3 is 14.9 Å². The molecule has 7 nitrogen and oxygen atoms in total. The Hall–Kier alpha value is -6.66. The van der Waals surface area contributed by atoms with E-state index in [1.807, 2.05) is 12.1 Å². The number of ether oxygens (including phenoxy) is 1. The van der Waals surface area contributed by atoms with Crippen molar-refractivity contribution in [2.24, 2.45) is 0 Å². The van der Waals surface area contributed by atoms with Crippen LogP contribution in [0.4, 0.5) is 17.6 Å². The molecule has 348 valence electrons. The maximum absolute atomic E-state index is 13.7. The minimum Gasteiger partial charge on any atom is -0.508 e. The van der Waals surface area contributed by atoms with Gasteiger partial charge in [0.15, 0.2) is 0 Å². The van der Waals surface area contributed by atoms with Crippen LogP contribution in [0.5, 0.6) is 11.5 Å². The molecule has 0 aliphatic rings. The minimum absolute atomic E-state index is 0. The second-order valence-electron chi connectivity index (χ2n) is 14.0. The van der Waals surface area contributed by atoms with Crippen molar-refractivity contribution >= 4 is 35.1 Å². The lowest BCUT2D eigenvalue weighted by Crippen LogP contribution is -2.09. The summed E-state index contributed by atoms with van der Waals surface area (Å²) in [5.41, 5.74) is 6.01. The van der Waals surface area contributed by atoms with Crippen molar-refractivity contribution in [1.29, 1.82) is 10.5 Å². The number of nitrogens with zero attached hydrogens (tertiary/aromatic N) is 2. The first-order valence-electron chi connectivity index (χ1n) is 20.2. The molecule has 0 spiro atoms. The molecule has 0 heterocycles. The maximum atomic E-state index is 13.7. The molecule has 0 fully saturated rings. The molecule has 0 bridgehead atoms. The van der Waals surface area contributed by atoms with Gasteiger partial charge in [-0.3, -0.25) is 0 Å². The molecule has 0 atom stereocenters. The van der Waals surface area contributed by atoms with Crippen molar-refractivity contribution in [2.45, 2.75) is 80.1 Å².